The van der Waals surface area contributed by atoms with E-state index >= 15 is 0 Å². The number of hydrogen-bond donors (Lipinski definition) is 1. The van der Waals surface area contributed by atoms with Crippen LogP contribution in [0.4, 0.5) is 0 Å². The molecule has 17 heavy (non-hydrogen) atoms. The van der Waals surface area contributed by atoms with Gasteiger partial charge in [-0.25, -0.2) is 4.98 Å². The van der Waals surface area contributed by atoms with Crippen molar-refractivity contribution in [3.05, 3.63) is 34.9 Å². The minimum atomic E-state index is 0.526. The normalized spacial score (nSPS) is 10.4. The average molecular weight is 253 g/mol. The smallest absolute Gasteiger partial charge is 0.138 e. The van der Waals surface area contributed by atoms with Crippen LogP contribution in [-0.2, 0) is 4.74 Å². The number of aromatic nitrogens is 2. The number of hydrogen-bond acceptors (Lipinski definition) is 2. The summed E-state index contributed by atoms with van der Waals surface area (Å²) in [7, 11) is 1.61. The average Bonchev–Trinajstić information content (AvgIpc) is 2.72. The lowest BCUT2D eigenvalue weighted by Crippen LogP contribution is -1.81. The van der Waals surface area contributed by atoms with Crippen molar-refractivity contribution in [2.24, 2.45) is 0 Å². The van der Waals surface area contributed by atoms with Gasteiger partial charge in [-0.1, -0.05) is 25.4 Å². The number of aryl methyl sites for hydroxylation is 1. The van der Waals surface area contributed by atoms with Gasteiger partial charge in [-0.15, -0.1) is 0 Å². The zero-order valence-electron chi connectivity index (χ0n) is 10.5. The molecule has 4 heteroatoms. The Morgan fingerprint density at radius 3 is 2.71 bits per heavy atom. The summed E-state index contributed by atoms with van der Waals surface area (Å²) in [6, 6.07) is 3.91. The summed E-state index contributed by atoms with van der Waals surface area (Å²) in [5.41, 5.74) is 2.83. The third-order valence-corrected chi connectivity index (χ3v) is 2.39. The van der Waals surface area contributed by atoms with Crippen molar-refractivity contribution < 1.29 is 4.74 Å². The summed E-state index contributed by atoms with van der Waals surface area (Å²) in [6.07, 6.45) is 3.45. The van der Waals surface area contributed by atoms with Crippen LogP contribution in [0.1, 0.15) is 25.2 Å². The van der Waals surface area contributed by atoms with Gasteiger partial charge in [0.15, 0.2) is 0 Å². The second kappa shape index (κ2) is 6.30. The number of nitrogens with zero attached hydrogens (tertiary/aromatic N) is 1. The molecule has 0 saturated heterocycles. The van der Waals surface area contributed by atoms with Crippen LogP contribution < -0.4 is 0 Å². The Balaban J connectivity index is 0.000000686. The Bertz CT molecular complexity index is 517. The third kappa shape index (κ3) is 3.24. The first-order chi connectivity index (χ1) is 8.20. The van der Waals surface area contributed by atoms with Gasteiger partial charge in [0.1, 0.15) is 5.15 Å². The van der Waals surface area contributed by atoms with Gasteiger partial charge in [-0.2, -0.15) is 0 Å². The van der Waals surface area contributed by atoms with E-state index in [1.807, 2.05) is 39.0 Å². The highest BCUT2D eigenvalue weighted by Gasteiger charge is 2.04. The van der Waals surface area contributed by atoms with Gasteiger partial charge >= 0.3 is 0 Å². The summed E-state index contributed by atoms with van der Waals surface area (Å²) in [5.74, 6) is 0. The predicted molar refractivity (Wildman–Crippen MR) is 73.2 cm³/mol. The Labute approximate surface area is 106 Å². The molecule has 0 unspecified atom stereocenters. The molecule has 2 rings (SSSR count). The molecule has 1 N–H and O–H groups in total. The molecule has 0 fully saturated rings. The number of nitrogens with one attached hydrogen (secondary N) is 1. The first-order valence-corrected chi connectivity index (χ1v) is 5.93. The molecule has 0 aliphatic heterocycles. The van der Waals surface area contributed by atoms with E-state index in [-0.39, 0.29) is 0 Å². The van der Waals surface area contributed by atoms with Gasteiger partial charge in [-0.3, -0.25) is 0 Å². The molecule has 2 aromatic heterocycles. The lowest BCUT2D eigenvalue weighted by Gasteiger charge is -1.94. The predicted octanol–water partition coefficient (Wildman–Crippen LogP) is 4.17. The fourth-order valence-electron chi connectivity index (χ4n) is 1.46. The second-order valence-electron chi connectivity index (χ2n) is 3.28. The Hall–Kier alpha value is -1.48. The lowest BCUT2D eigenvalue weighted by atomic mass is 10.3. The molecule has 2 aromatic rings. The standard InChI is InChI=1S/C11H11ClN2O.C2H6/c1-7-5-10-9(11(12)13-7)6-8(14-10)3-4-15-2;1-2/h3-6,14H,1-2H3;1-2H3/b4-3+;. The maximum atomic E-state index is 6.02. The first kappa shape index (κ1) is 13.6. The highest BCUT2D eigenvalue weighted by molar-refractivity contribution is 6.34. The summed E-state index contributed by atoms with van der Waals surface area (Å²) < 4.78 is 4.85. The maximum Gasteiger partial charge on any atom is 0.138 e. The molecule has 0 aliphatic rings. The highest BCUT2D eigenvalue weighted by Crippen LogP contribution is 2.23. The molecule has 0 aliphatic carbocycles. The highest BCUT2D eigenvalue weighted by atomic mass is 35.5. The lowest BCUT2D eigenvalue weighted by molar-refractivity contribution is 0.341. The Morgan fingerprint density at radius 1 is 1.35 bits per heavy atom. The molecule has 0 saturated carbocycles. The summed E-state index contributed by atoms with van der Waals surface area (Å²) in [4.78, 5) is 7.41. The van der Waals surface area contributed by atoms with Crippen molar-refractivity contribution in [2.45, 2.75) is 20.8 Å². The van der Waals surface area contributed by atoms with Gasteiger partial charge in [-0.05, 0) is 25.1 Å². The monoisotopic (exact) mass is 252 g/mol. The zero-order valence-corrected chi connectivity index (χ0v) is 11.3. The van der Waals surface area contributed by atoms with Gasteiger partial charge in [0.2, 0.25) is 0 Å². The summed E-state index contributed by atoms with van der Waals surface area (Å²) in [5, 5.41) is 1.45. The van der Waals surface area contributed by atoms with Crippen LogP contribution in [0.25, 0.3) is 17.0 Å². The van der Waals surface area contributed by atoms with Gasteiger partial charge in [0, 0.05) is 16.8 Å². The molecule has 92 valence electrons. The SMILES string of the molecule is CC.CO/C=C/c1cc2c(Cl)nc(C)cc2[nH]1. The van der Waals surface area contributed by atoms with Gasteiger partial charge in [0.05, 0.1) is 18.9 Å². The van der Waals surface area contributed by atoms with Crippen LogP contribution in [0.5, 0.6) is 0 Å². The van der Waals surface area contributed by atoms with E-state index < -0.39 is 0 Å². The molecule has 0 radical (unpaired) electrons. The van der Waals surface area contributed by atoms with Crippen molar-refractivity contribution in [1.82, 2.24) is 9.97 Å². The zero-order chi connectivity index (χ0) is 12.8. The van der Waals surface area contributed by atoms with E-state index in [9.17, 15) is 0 Å². The summed E-state index contributed by atoms with van der Waals surface area (Å²) >= 11 is 6.02. The molecular weight excluding hydrogens is 236 g/mol. The topological polar surface area (TPSA) is 37.9 Å². The van der Waals surface area contributed by atoms with Gasteiger partial charge in [0.25, 0.3) is 0 Å². The minimum absolute atomic E-state index is 0.526. The van der Waals surface area contributed by atoms with E-state index in [0.717, 1.165) is 22.3 Å². The van der Waals surface area contributed by atoms with Crippen molar-refractivity contribution >= 4 is 28.6 Å². The van der Waals surface area contributed by atoms with Crippen LogP contribution in [0.3, 0.4) is 0 Å². The van der Waals surface area contributed by atoms with E-state index in [1.54, 1.807) is 13.4 Å². The van der Waals surface area contributed by atoms with Crippen LogP contribution in [0.2, 0.25) is 5.15 Å². The molecule has 0 bridgehead atoms. The molecular formula is C13H17ClN2O. The largest absolute Gasteiger partial charge is 0.504 e. The van der Waals surface area contributed by atoms with Crippen molar-refractivity contribution in [3.8, 4) is 0 Å². The number of ether oxygens (including phenoxy) is 1. The van der Waals surface area contributed by atoms with E-state index in [4.69, 9.17) is 16.3 Å². The van der Waals surface area contributed by atoms with Crippen LogP contribution in [0, 0.1) is 6.92 Å². The van der Waals surface area contributed by atoms with E-state index in [0.29, 0.717) is 5.15 Å². The Kier molecular flexibility index (Phi) is 5.04. The van der Waals surface area contributed by atoms with E-state index in [2.05, 4.69) is 9.97 Å². The van der Waals surface area contributed by atoms with Gasteiger partial charge < -0.3 is 9.72 Å². The summed E-state index contributed by atoms with van der Waals surface area (Å²) in [6.45, 7) is 5.91. The molecule has 0 aromatic carbocycles. The van der Waals surface area contributed by atoms with Crippen molar-refractivity contribution in [2.75, 3.05) is 7.11 Å². The minimum Gasteiger partial charge on any atom is -0.504 e. The second-order valence-corrected chi connectivity index (χ2v) is 3.64. The quantitative estimate of drug-likeness (QED) is 0.644. The number of halogens is 1. The van der Waals surface area contributed by atoms with Crippen LogP contribution in [0.15, 0.2) is 18.4 Å². The van der Waals surface area contributed by atoms with Crippen molar-refractivity contribution in [1.29, 1.82) is 0 Å². The molecule has 0 spiro atoms. The fraction of sp³-hybridized carbons (Fsp3) is 0.308. The molecule has 0 atom stereocenters. The number of aromatic amines is 1. The van der Waals surface area contributed by atoms with E-state index in [1.165, 1.54) is 0 Å². The number of H-pyrrole nitrogens is 1. The number of methoxy groups -OCH3 is 1. The molecule has 3 nitrogen and oxygen atoms in total. The van der Waals surface area contributed by atoms with Crippen LogP contribution in [-0.4, -0.2) is 17.1 Å². The Morgan fingerprint density at radius 2 is 2.06 bits per heavy atom. The third-order valence-electron chi connectivity index (χ3n) is 2.10. The maximum absolute atomic E-state index is 6.02. The molecule has 0 amide bonds. The number of rotatable bonds is 2. The van der Waals surface area contributed by atoms with Crippen molar-refractivity contribution in [3.63, 3.8) is 0 Å². The van der Waals surface area contributed by atoms with Crippen LogP contribution >= 0.6 is 11.6 Å². The number of fused-ring (bicyclic) bond motifs is 1. The first-order valence-electron chi connectivity index (χ1n) is 5.56. The molecule has 2 heterocycles. The fourth-order valence-corrected chi connectivity index (χ4v) is 1.75. The number of pyridine rings is 1.